The van der Waals surface area contributed by atoms with E-state index >= 15 is 0 Å². The van der Waals surface area contributed by atoms with Crippen LogP contribution in [0, 0.1) is 17.5 Å². The Morgan fingerprint density at radius 1 is 1.07 bits per heavy atom. The zero-order valence-corrected chi connectivity index (χ0v) is 15.0. The lowest BCUT2D eigenvalue weighted by Gasteiger charge is -2.14. The van der Waals surface area contributed by atoms with Gasteiger partial charge in [-0.2, -0.15) is 0 Å². The van der Waals surface area contributed by atoms with Gasteiger partial charge in [-0.1, -0.05) is 11.6 Å². The molecule has 4 nitrogen and oxygen atoms in total. The average Bonchev–Trinajstić information content (AvgIpc) is 2.62. The summed E-state index contributed by atoms with van der Waals surface area (Å²) in [6.45, 7) is -0.468. The summed E-state index contributed by atoms with van der Waals surface area (Å²) >= 11 is 6.01. The minimum atomic E-state index is -1.36. The highest BCUT2D eigenvalue weighted by Gasteiger charge is 2.14. The Kier molecular flexibility index (Phi) is 5.84. The molecule has 3 rings (SSSR count). The van der Waals surface area contributed by atoms with Crippen LogP contribution in [0.25, 0.3) is 0 Å². The molecular formula is C20H12ClF3NO3-. The predicted molar refractivity (Wildman–Crippen MR) is 93.5 cm³/mol. The first kappa shape index (κ1) is 19.7. The number of hydrogen-bond donors (Lipinski definition) is 0. The Bertz CT molecular complexity index is 1020. The van der Waals surface area contributed by atoms with E-state index < -0.39 is 35.6 Å². The van der Waals surface area contributed by atoms with Crippen molar-refractivity contribution >= 4 is 17.6 Å². The summed E-state index contributed by atoms with van der Waals surface area (Å²) in [5.41, 5.74) is 0.598. The van der Waals surface area contributed by atoms with Crippen LogP contribution in [0.3, 0.4) is 0 Å². The summed E-state index contributed by atoms with van der Waals surface area (Å²) in [4.78, 5) is 14.8. The molecule has 1 heterocycles. The van der Waals surface area contributed by atoms with Crippen LogP contribution in [0.2, 0.25) is 5.02 Å². The van der Waals surface area contributed by atoms with E-state index in [1.807, 2.05) is 0 Å². The second-order valence-electron chi connectivity index (χ2n) is 5.93. The van der Waals surface area contributed by atoms with Gasteiger partial charge in [0.1, 0.15) is 29.8 Å². The average molecular weight is 407 g/mol. The molecular weight excluding hydrogens is 395 g/mol. The molecule has 3 aromatic rings. The molecule has 0 saturated carbocycles. The quantitative estimate of drug-likeness (QED) is 0.626. The fraction of sp³-hybridized carbons (Fsp3) is 0.100. The van der Waals surface area contributed by atoms with Gasteiger partial charge < -0.3 is 14.6 Å². The minimum absolute atomic E-state index is 0.0857. The van der Waals surface area contributed by atoms with Crippen molar-refractivity contribution in [1.29, 1.82) is 0 Å². The lowest BCUT2D eigenvalue weighted by atomic mass is 10.0. The van der Waals surface area contributed by atoms with Crippen molar-refractivity contribution in [3.63, 3.8) is 0 Å². The number of carbonyl (C=O) groups excluding carboxylic acids is 1. The van der Waals surface area contributed by atoms with Gasteiger partial charge in [0.05, 0.1) is 11.5 Å². The standard InChI is InChI=1S/C20H13ClF3NO3/c21-14-1-2-19(28-10-16-17(23)6-15(22)7-18(16)24)12(5-14)3-11-4-13(20(26)27)9-25-8-11/h1-2,4-9H,3,10H2,(H,26,27)/p-1. The number of aromatic carboxylic acids is 1. The van der Waals surface area contributed by atoms with Crippen molar-refractivity contribution in [3.05, 3.63) is 93.5 Å². The molecule has 0 saturated heterocycles. The van der Waals surface area contributed by atoms with Crippen LogP contribution < -0.4 is 9.84 Å². The lowest BCUT2D eigenvalue weighted by Crippen LogP contribution is -2.22. The second kappa shape index (κ2) is 8.31. The molecule has 0 aliphatic carbocycles. The number of rotatable bonds is 6. The molecule has 144 valence electrons. The third-order valence-electron chi connectivity index (χ3n) is 3.93. The molecule has 0 fully saturated rings. The first-order valence-electron chi connectivity index (χ1n) is 8.03. The number of carbonyl (C=O) groups is 1. The maximum Gasteiger partial charge on any atom is 0.135 e. The Labute approximate surface area is 163 Å². The first-order valence-corrected chi connectivity index (χ1v) is 8.41. The zero-order chi connectivity index (χ0) is 20.3. The van der Waals surface area contributed by atoms with Crippen LogP contribution in [0.4, 0.5) is 13.2 Å². The maximum atomic E-state index is 13.8. The van der Waals surface area contributed by atoms with Gasteiger partial charge in [-0.05, 0) is 29.8 Å². The van der Waals surface area contributed by atoms with Gasteiger partial charge in [0.15, 0.2) is 0 Å². The molecule has 1 aromatic heterocycles. The monoisotopic (exact) mass is 406 g/mol. The number of halogens is 4. The molecule has 0 N–H and O–H groups in total. The van der Waals surface area contributed by atoms with Crippen LogP contribution in [-0.4, -0.2) is 11.0 Å². The third-order valence-corrected chi connectivity index (χ3v) is 4.16. The summed E-state index contributed by atoms with van der Waals surface area (Å²) in [6, 6.07) is 7.18. The first-order chi connectivity index (χ1) is 13.3. The van der Waals surface area contributed by atoms with E-state index in [9.17, 15) is 23.1 Å². The SMILES string of the molecule is O=C([O-])c1cncc(Cc2cc(Cl)ccc2OCc2c(F)cc(F)cc2F)c1. The number of carboxylic acid groups (broad SMARTS) is 1. The molecule has 0 atom stereocenters. The molecule has 28 heavy (non-hydrogen) atoms. The van der Waals surface area contributed by atoms with Crippen LogP contribution in [0.5, 0.6) is 5.75 Å². The fourth-order valence-electron chi connectivity index (χ4n) is 2.60. The van der Waals surface area contributed by atoms with Crippen LogP contribution >= 0.6 is 11.6 Å². The lowest BCUT2D eigenvalue weighted by molar-refractivity contribution is -0.255. The number of nitrogens with zero attached hydrogens (tertiary/aromatic N) is 1. The Balaban J connectivity index is 1.85. The van der Waals surface area contributed by atoms with Gasteiger partial charge in [-0.3, -0.25) is 4.98 Å². The number of ether oxygens (including phenoxy) is 1. The van der Waals surface area contributed by atoms with E-state index in [4.69, 9.17) is 16.3 Å². The largest absolute Gasteiger partial charge is 0.545 e. The zero-order valence-electron chi connectivity index (χ0n) is 14.2. The van der Waals surface area contributed by atoms with Crippen molar-refractivity contribution in [2.75, 3.05) is 0 Å². The van der Waals surface area contributed by atoms with Gasteiger partial charge >= 0.3 is 0 Å². The maximum absolute atomic E-state index is 13.8. The topological polar surface area (TPSA) is 62.2 Å². The Hall–Kier alpha value is -3.06. The fourth-order valence-corrected chi connectivity index (χ4v) is 2.80. The number of carboxylic acids is 1. The van der Waals surface area contributed by atoms with Crippen LogP contribution in [0.1, 0.15) is 27.0 Å². The van der Waals surface area contributed by atoms with Crippen LogP contribution in [-0.2, 0) is 13.0 Å². The molecule has 2 aromatic carbocycles. The normalized spacial score (nSPS) is 10.7. The highest BCUT2D eigenvalue weighted by molar-refractivity contribution is 6.30. The van der Waals surface area contributed by atoms with Crippen molar-refractivity contribution in [2.45, 2.75) is 13.0 Å². The minimum Gasteiger partial charge on any atom is -0.545 e. The Morgan fingerprint density at radius 3 is 2.46 bits per heavy atom. The smallest absolute Gasteiger partial charge is 0.135 e. The number of aromatic nitrogens is 1. The number of pyridine rings is 1. The highest BCUT2D eigenvalue weighted by atomic mass is 35.5. The second-order valence-corrected chi connectivity index (χ2v) is 6.37. The summed E-state index contributed by atoms with van der Waals surface area (Å²) in [7, 11) is 0. The van der Waals surface area contributed by atoms with E-state index in [1.54, 1.807) is 6.07 Å². The summed E-state index contributed by atoms with van der Waals surface area (Å²) in [5.74, 6) is -4.21. The van der Waals surface area contributed by atoms with Gasteiger partial charge in [0, 0.05) is 47.1 Å². The summed E-state index contributed by atoms with van der Waals surface area (Å²) < 4.78 is 46.1. The van der Waals surface area contributed by atoms with Gasteiger partial charge in [0.25, 0.3) is 0 Å². The van der Waals surface area contributed by atoms with Crippen LogP contribution in [0.15, 0.2) is 48.8 Å². The summed E-state index contributed by atoms with van der Waals surface area (Å²) in [6.07, 6.45) is 2.84. The number of benzene rings is 2. The molecule has 0 amide bonds. The molecule has 0 aliphatic rings. The van der Waals surface area contributed by atoms with E-state index in [-0.39, 0.29) is 17.7 Å². The van der Waals surface area contributed by atoms with Crippen molar-refractivity contribution < 1.29 is 27.8 Å². The molecule has 0 radical (unpaired) electrons. The summed E-state index contributed by atoms with van der Waals surface area (Å²) in [5, 5.41) is 11.4. The molecule has 0 aliphatic heterocycles. The van der Waals surface area contributed by atoms with Gasteiger partial charge in [-0.25, -0.2) is 13.2 Å². The van der Waals surface area contributed by atoms with Crippen molar-refractivity contribution in [3.8, 4) is 5.75 Å². The molecule has 0 bridgehead atoms. The molecule has 0 spiro atoms. The predicted octanol–water partition coefficient (Wildman–Crippen LogP) is 3.69. The Morgan fingerprint density at radius 2 is 1.79 bits per heavy atom. The van der Waals surface area contributed by atoms with Crippen molar-refractivity contribution in [2.24, 2.45) is 0 Å². The van der Waals surface area contributed by atoms with E-state index in [0.29, 0.717) is 28.3 Å². The number of hydrogen-bond acceptors (Lipinski definition) is 4. The van der Waals surface area contributed by atoms with Gasteiger partial charge in [0.2, 0.25) is 0 Å². The van der Waals surface area contributed by atoms with E-state index in [0.717, 1.165) is 6.20 Å². The van der Waals surface area contributed by atoms with E-state index in [1.165, 1.54) is 24.4 Å². The van der Waals surface area contributed by atoms with Gasteiger partial charge in [-0.15, -0.1) is 0 Å². The van der Waals surface area contributed by atoms with Crippen molar-refractivity contribution in [1.82, 2.24) is 4.98 Å². The molecule has 8 heteroatoms. The van der Waals surface area contributed by atoms with E-state index in [2.05, 4.69) is 4.98 Å². The highest BCUT2D eigenvalue weighted by Crippen LogP contribution is 2.27. The third kappa shape index (κ3) is 4.61. The molecule has 0 unspecified atom stereocenters.